The van der Waals surface area contributed by atoms with Gasteiger partial charge in [-0.2, -0.15) is 5.10 Å². The van der Waals surface area contributed by atoms with Gasteiger partial charge in [-0.05, 0) is 18.1 Å². The first-order chi connectivity index (χ1) is 12.7. The third-order valence-electron chi connectivity index (χ3n) is 5.41. The zero-order valence-corrected chi connectivity index (χ0v) is 15.4. The minimum Gasteiger partial charge on any atom is -0.351 e. The number of rotatable bonds is 5. The molecule has 0 spiro atoms. The number of amides is 1. The summed E-state index contributed by atoms with van der Waals surface area (Å²) < 4.78 is 2.10. The highest BCUT2D eigenvalue weighted by Gasteiger charge is 2.30. The van der Waals surface area contributed by atoms with Crippen LogP contribution < -0.4 is 5.32 Å². The van der Waals surface area contributed by atoms with Crippen LogP contribution in [0.3, 0.4) is 0 Å². The fraction of sp³-hybridized carbons (Fsp3) is 0.500. The summed E-state index contributed by atoms with van der Waals surface area (Å²) in [6.45, 7) is 8.36. The summed E-state index contributed by atoms with van der Waals surface area (Å²) in [5.41, 5.74) is 3.61. The summed E-state index contributed by atoms with van der Waals surface area (Å²) in [5.74, 6) is -0.0120. The second-order valence-electron chi connectivity index (χ2n) is 7.39. The van der Waals surface area contributed by atoms with Gasteiger partial charge in [-0.15, -0.1) is 0 Å². The van der Waals surface area contributed by atoms with Crippen molar-refractivity contribution in [1.82, 2.24) is 24.9 Å². The summed E-state index contributed by atoms with van der Waals surface area (Å²) in [5, 5.41) is 7.45. The molecule has 2 aromatic rings. The van der Waals surface area contributed by atoms with Crippen LogP contribution in [0.2, 0.25) is 0 Å². The molecule has 6 heteroatoms. The molecule has 1 aromatic carbocycles. The van der Waals surface area contributed by atoms with Crippen molar-refractivity contribution in [2.45, 2.75) is 45.6 Å². The Morgan fingerprint density at radius 2 is 2.08 bits per heavy atom. The number of fused-ring (bicyclic) bond motifs is 1. The third-order valence-corrected chi connectivity index (χ3v) is 5.41. The number of carbonyl (C=O) groups is 1. The van der Waals surface area contributed by atoms with Crippen molar-refractivity contribution in [1.29, 1.82) is 0 Å². The Morgan fingerprint density at radius 1 is 1.23 bits per heavy atom. The zero-order valence-electron chi connectivity index (χ0n) is 15.4. The van der Waals surface area contributed by atoms with Crippen LogP contribution in [0.15, 0.2) is 36.4 Å². The van der Waals surface area contributed by atoms with Crippen LogP contribution in [0.25, 0.3) is 0 Å². The number of likely N-dealkylation sites (tertiary alicyclic amines) is 1. The van der Waals surface area contributed by atoms with Gasteiger partial charge in [-0.3, -0.25) is 19.3 Å². The van der Waals surface area contributed by atoms with E-state index in [1.807, 2.05) is 0 Å². The highest BCUT2D eigenvalue weighted by Crippen LogP contribution is 2.23. The van der Waals surface area contributed by atoms with Gasteiger partial charge in [0.05, 0.1) is 24.5 Å². The Morgan fingerprint density at radius 3 is 2.88 bits per heavy atom. The maximum atomic E-state index is 11.1. The minimum absolute atomic E-state index is 0.0120. The fourth-order valence-corrected chi connectivity index (χ4v) is 4.05. The predicted octanol–water partition coefficient (Wildman–Crippen LogP) is 1.61. The van der Waals surface area contributed by atoms with Crippen molar-refractivity contribution < 1.29 is 4.79 Å². The number of carbonyl (C=O) groups excluding carboxylic acids is 1. The summed E-state index contributed by atoms with van der Waals surface area (Å²) in [6.07, 6.45) is 1.24. The molecule has 0 aliphatic carbocycles. The van der Waals surface area contributed by atoms with Crippen LogP contribution in [0.4, 0.5) is 0 Å². The molecule has 1 saturated heterocycles. The molecule has 138 valence electrons. The van der Waals surface area contributed by atoms with Crippen molar-refractivity contribution in [2.24, 2.45) is 0 Å². The molecule has 2 aliphatic rings. The van der Waals surface area contributed by atoms with E-state index in [0.717, 1.165) is 38.4 Å². The van der Waals surface area contributed by atoms with Crippen LogP contribution in [-0.2, 0) is 31.0 Å². The molecule has 6 nitrogen and oxygen atoms in total. The van der Waals surface area contributed by atoms with Crippen molar-refractivity contribution in [2.75, 3.05) is 19.6 Å². The first kappa shape index (κ1) is 17.2. The van der Waals surface area contributed by atoms with Crippen molar-refractivity contribution >= 4 is 5.91 Å². The minimum atomic E-state index is -0.0120. The van der Waals surface area contributed by atoms with Crippen LogP contribution in [-0.4, -0.2) is 51.2 Å². The van der Waals surface area contributed by atoms with E-state index in [2.05, 4.69) is 61.3 Å². The Balaban J connectivity index is 1.33. The molecule has 4 rings (SSSR count). The molecule has 0 saturated carbocycles. The van der Waals surface area contributed by atoms with E-state index in [-0.39, 0.29) is 5.91 Å². The number of benzene rings is 1. The Bertz CT molecular complexity index is 757. The molecule has 0 unspecified atom stereocenters. The lowest BCUT2D eigenvalue weighted by molar-refractivity contribution is -0.119. The van der Waals surface area contributed by atoms with Crippen LogP contribution in [0.5, 0.6) is 0 Å². The lowest BCUT2D eigenvalue weighted by atomic mass is 10.2. The smallest absolute Gasteiger partial charge is 0.217 e. The van der Waals surface area contributed by atoms with E-state index >= 15 is 0 Å². The summed E-state index contributed by atoms with van der Waals surface area (Å²) >= 11 is 0. The van der Waals surface area contributed by atoms with Crippen molar-refractivity contribution in [3.05, 3.63) is 53.3 Å². The number of nitrogens with zero attached hydrogens (tertiary/aromatic N) is 4. The number of nitrogens with one attached hydrogen (secondary N) is 1. The summed E-state index contributed by atoms with van der Waals surface area (Å²) in [4.78, 5) is 16.3. The molecule has 0 bridgehead atoms. The summed E-state index contributed by atoms with van der Waals surface area (Å²) in [7, 11) is 0. The van der Waals surface area contributed by atoms with Gasteiger partial charge in [0.2, 0.25) is 5.91 Å². The van der Waals surface area contributed by atoms with E-state index in [0.29, 0.717) is 12.6 Å². The van der Waals surface area contributed by atoms with E-state index in [4.69, 9.17) is 0 Å². The predicted molar refractivity (Wildman–Crippen MR) is 100 cm³/mol. The first-order valence-corrected chi connectivity index (χ1v) is 9.48. The lowest BCUT2D eigenvalue weighted by Gasteiger charge is -2.32. The quantitative estimate of drug-likeness (QED) is 0.887. The molecule has 1 aromatic heterocycles. The zero-order chi connectivity index (χ0) is 17.9. The van der Waals surface area contributed by atoms with Gasteiger partial charge in [-0.1, -0.05) is 30.3 Å². The molecule has 1 fully saturated rings. The van der Waals surface area contributed by atoms with Crippen LogP contribution in [0.1, 0.15) is 30.3 Å². The summed E-state index contributed by atoms with van der Waals surface area (Å²) in [6, 6.07) is 13.5. The average molecular weight is 353 g/mol. The number of hydrogen-bond donors (Lipinski definition) is 1. The normalized spacial score (nSPS) is 20.9. The standard InChI is InChI=1S/C20H27N5O/c1-16(26)21-12-18-11-20-15-24(9-10-25(20)22-18)19-7-8-23(14-19)13-17-5-3-2-4-6-17/h2-6,11,19H,7-10,12-15H2,1H3,(H,21,26)/t19-/m1/s1. The van der Waals surface area contributed by atoms with E-state index in [1.165, 1.54) is 24.2 Å². The largest absolute Gasteiger partial charge is 0.351 e. The van der Waals surface area contributed by atoms with Gasteiger partial charge in [0.1, 0.15) is 0 Å². The molecule has 1 N–H and O–H groups in total. The monoisotopic (exact) mass is 353 g/mol. The highest BCUT2D eigenvalue weighted by molar-refractivity contribution is 5.72. The SMILES string of the molecule is CC(=O)NCc1cc2n(n1)CCN([C@@H]1CCN(Cc3ccccc3)C1)C2. The van der Waals surface area contributed by atoms with Gasteiger partial charge in [0.25, 0.3) is 0 Å². The molecular weight excluding hydrogens is 326 g/mol. The number of hydrogen-bond acceptors (Lipinski definition) is 4. The van der Waals surface area contributed by atoms with Crippen LogP contribution >= 0.6 is 0 Å². The first-order valence-electron chi connectivity index (χ1n) is 9.48. The Kier molecular flexibility index (Phi) is 5.04. The number of aromatic nitrogens is 2. The van der Waals surface area contributed by atoms with E-state index in [1.54, 1.807) is 6.92 Å². The van der Waals surface area contributed by atoms with Crippen molar-refractivity contribution in [3.8, 4) is 0 Å². The molecular formula is C20H27N5O. The van der Waals surface area contributed by atoms with E-state index < -0.39 is 0 Å². The van der Waals surface area contributed by atoms with Gasteiger partial charge in [-0.25, -0.2) is 0 Å². The fourth-order valence-electron chi connectivity index (χ4n) is 4.05. The second kappa shape index (κ2) is 7.60. The Labute approximate surface area is 154 Å². The molecule has 3 heterocycles. The topological polar surface area (TPSA) is 53.4 Å². The maximum absolute atomic E-state index is 11.1. The van der Waals surface area contributed by atoms with Gasteiger partial charge < -0.3 is 5.32 Å². The average Bonchev–Trinajstić information content (AvgIpc) is 3.26. The van der Waals surface area contributed by atoms with Gasteiger partial charge >= 0.3 is 0 Å². The lowest BCUT2D eigenvalue weighted by Crippen LogP contribution is -2.42. The highest BCUT2D eigenvalue weighted by atomic mass is 16.1. The van der Waals surface area contributed by atoms with E-state index in [9.17, 15) is 4.79 Å². The molecule has 2 aliphatic heterocycles. The van der Waals surface area contributed by atoms with Crippen molar-refractivity contribution in [3.63, 3.8) is 0 Å². The maximum Gasteiger partial charge on any atom is 0.217 e. The van der Waals surface area contributed by atoms with Gasteiger partial charge in [0, 0.05) is 45.7 Å². The van der Waals surface area contributed by atoms with Gasteiger partial charge in [0.15, 0.2) is 0 Å². The Hall–Kier alpha value is -2.18. The molecule has 1 atom stereocenters. The second-order valence-corrected chi connectivity index (χ2v) is 7.39. The molecule has 26 heavy (non-hydrogen) atoms. The molecule has 0 radical (unpaired) electrons. The van der Waals surface area contributed by atoms with Crippen LogP contribution in [0, 0.1) is 0 Å². The molecule has 1 amide bonds. The third kappa shape index (κ3) is 3.97.